The number of ether oxygens (including phenoxy) is 1. The van der Waals surface area contributed by atoms with Gasteiger partial charge in [0.15, 0.2) is 0 Å². The summed E-state index contributed by atoms with van der Waals surface area (Å²) in [6, 6.07) is 0. The number of hydrogen-bond acceptors (Lipinski definition) is 3. The average molecular weight is 127 g/mol. The summed E-state index contributed by atoms with van der Waals surface area (Å²) < 4.78 is 5.18. The van der Waals surface area contributed by atoms with E-state index in [-0.39, 0.29) is 7.05 Å². The van der Waals surface area contributed by atoms with Gasteiger partial charge in [-0.15, -0.1) is 0 Å². The van der Waals surface area contributed by atoms with E-state index in [0.717, 1.165) is 13.1 Å². The van der Waals surface area contributed by atoms with Crippen LogP contribution in [0.5, 0.6) is 0 Å². The first kappa shape index (κ1) is 5.71. The molecule has 9 heavy (non-hydrogen) atoms. The van der Waals surface area contributed by atoms with Crippen LogP contribution in [-0.2, 0) is 4.74 Å². The maximum absolute atomic E-state index is 9.06. The number of hydrogen-bond donors (Lipinski definition) is 1. The summed E-state index contributed by atoms with van der Waals surface area (Å²) in [5, 5.41) is 9.06. The van der Waals surface area contributed by atoms with E-state index < -0.39 is 0 Å². The molecule has 2 fully saturated rings. The van der Waals surface area contributed by atoms with Crippen molar-refractivity contribution in [3.05, 3.63) is 0 Å². The third-order valence-electron chi connectivity index (χ3n) is 2.05. The molecule has 2 rings (SSSR count). The first-order valence-electron chi connectivity index (χ1n) is 3.35. The lowest BCUT2D eigenvalue weighted by molar-refractivity contribution is 0.256. The molecule has 1 N–H and O–H groups in total. The second kappa shape index (κ2) is 1.72. The topological polar surface area (TPSA) is 36.0 Å². The molecule has 4 heteroatoms. The third-order valence-corrected chi connectivity index (χ3v) is 2.05. The Labute approximate surface area is 54.7 Å². The Morgan fingerprint density at radius 2 is 2.11 bits per heavy atom. The standard InChI is InChI=1S/C5H10BNO2/c1-6(8)7-2-4-5(3-7)9-4/h4-5,8H,2-3H2,1H3. The Hall–Kier alpha value is -0.0551. The van der Waals surface area contributed by atoms with E-state index in [1.807, 2.05) is 4.81 Å². The highest BCUT2D eigenvalue weighted by atomic mass is 16.6. The zero-order valence-corrected chi connectivity index (χ0v) is 5.45. The lowest BCUT2D eigenvalue weighted by Gasteiger charge is -2.16. The van der Waals surface area contributed by atoms with Crippen molar-refractivity contribution in [1.82, 2.24) is 4.81 Å². The van der Waals surface area contributed by atoms with Gasteiger partial charge in [0.1, 0.15) is 0 Å². The lowest BCUT2D eigenvalue weighted by Crippen LogP contribution is -2.37. The average Bonchev–Trinajstić information content (AvgIpc) is 2.40. The van der Waals surface area contributed by atoms with Crippen LogP contribution in [0.3, 0.4) is 0 Å². The maximum Gasteiger partial charge on any atom is 0.376 e. The molecule has 0 saturated carbocycles. The van der Waals surface area contributed by atoms with Crippen LogP contribution < -0.4 is 0 Å². The van der Waals surface area contributed by atoms with Gasteiger partial charge in [0.25, 0.3) is 0 Å². The van der Waals surface area contributed by atoms with Crippen LogP contribution in [0.2, 0.25) is 6.82 Å². The molecule has 3 nitrogen and oxygen atoms in total. The van der Waals surface area contributed by atoms with E-state index in [1.165, 1.54) is 0 Å². The monoisotopic (exact) mass is 127 g/mol. The highest BCUT2D eigenvalue weighted by Gasteiger charge is 2.48. The number of rotatable bonds is 1. The fraction of sp³-hybridized carbons (Fsp3) is 1.00. The first-order chi connectivity index (χ1) is 4.27. The molecule has 0 aliphatic carbocycles. The van der Waals surface area contributed by atoms with Gasteiger partial charge in [0.2, 0.25) is 0 Å². The predicted octanol–water partition coefficient (Wildman–Crippen LogP) is -0.820. The Bertz CT molecular complexity index is 120. The van der Waals surface area contributed by atoms with Crippen molar-refractivity contribution < 1.29 is 9.76 Å². The van der Waals surface area contributed by atoms with E-state index in [9.17, 15) is 0 Å². The molecule has 2 atom stereocenters. The zero-order chi connectivity index (χ0) is 6.43. The second-order valence-corrected chi connectivity index (χ2v) is 2.80. The lowest BCUT2D eigenvalue weighted by atomic mass is 9.86. The SMILES string of the molecule is CB(O)N1CC2OC2C1. The second-order valence-electron chi connectivity index (χ2n) is 2.80. The Morgan fingerprint density at radius 3 is 2.44 bits per heavy atom. The van der Waals surface area contributed by atoms with Crippen molar-refractivity contribution >= 4 is 7.05 Å². The molecule has 0 radical (unpaired) electrons. The smallest absolute Gasteiger partial charge is 0.376 e. The summed E-state index contributed by atoms with van der Waals surface area (Å²) in [4.78, 5) is 2.03. The van der Waals surface area contributed by atoms with Crippen LogP contribution in [0.1, 0.15) is 0 Å². The summed E-state index contributed by atoms with van der Waals surface area (Å²) in [6.45, 7) is 3.63. The normalized spacial score (nSPS) is 40.7. The summed E-state index contributed by atoms with van der Waals surface area (Å²) in [7, 11) is -0.290. The van der Waals surface area contributed by atoms with Gasteiger partial charge in [-0.2, -0.15) is 0 Å². The third kappa shape index (κ3) is 0.872. The van der Waals surface area contributed by atoms with Crippen molar-refractivity contribution in [2.24, 2.45) is 0 Å². The molecule has 2 saturated heterocycles. The van der Waals surface area contributed by atoms with Crippen molar-refractivity contribution in [3.8, 4) is 0 Å². The predicted molar refractivity (Wildman–Crippen MR) is 34.1 cm³/mol. The van der Waals surface area contributed by atoms with Gasteiger partial charge < -0.3 is 14.6 Å². The number of nitrogens with zero attached hydrogens (tertiary/aromatic N) is 1. The molecule has 0 aromatic carbocycles. The van der Waals surface area contributed by atoms with Gasteiger partial charge in [-0.1, -0.05) is 0 Å². The molecule has 0 spiro atoms. The summed E-state index contributed by atoms with van der Waals surface area (Å²) in [5.74, 6) is 0. The molecule has 0 amide bonds. The number of fused-ring (bicyclic) bond motifs is 1. The Kier molecular flexibility index (Phi) is 1.09. The molecule has 2 aliphatic rings. The van der Waals surface area contributed by atoms with Crippen molar-refractivity contribution in [1.29, 1.82) is 0 Å². The molecule has 2 heterocycles. The first-order valence-corrected chi connectivity index (χ1v) is 3.35. The van der Waals surface area contributed by atoms with Gasteiger partial charge in [0, 0.05) is 13.1 Å². The van der Waals surface area contributed by atoms with Crippen LogP contribution in [-0.4, -0.2) is 42.2 Å². The fourth-order valence-electron chi connectivity index (χ4n) is 1.34. The summed E-state index contributed by atoms with van der Waals surface area (Å²) >= 11 is 0. The van der Waals surface area contributed by atoms with Crippen LogP contribution in [0, 0.1) is 0 Å². The highest BCUT2D eigenvalue weighted by Crippen LogP contribution is 2.30. The molecule has 0 bridgehead atoms. The molecular weight excluding hydrogens is 117 g/mol. The van der Waals surface area contributed by atoms with E-state index >= 15 is 0 Å². The molecule has 50 valence electrons. The fourth-order valence-corrected chi connectivity index (χ4v) is 1.34. The maximum atomic E-state index is 9.06. The van der Waals surface area contributed by atoms with E-state index in [0.29, 0.717) is 12.2 Å². The molecule has 2 aliphatic heterocycles. The Balaban J connectivity index is 1.90. The number of epoxide rings is 1. The quantitative estimate of drug-likeness (QED) is 0.369. The van der Waals surface area contributed by atoms with Gasteiger partial charge in [-0.25, -0.2) is 0 Å². The van der Waals surface area contributed by atoms with Crippen molar-refractivity contribution in [3.63, 3.8) is 0 Å². The number of morpholine rings is 1. The molecule has 0 aromatic heterocycles. The summed E-state index contributed by atoms with van der Waals surface area (Å²) in [6.07, 6.45) is 0.888. The highest BCUT2D eigenvalue weighted by molar-refractivity contribution is 6.45. The minimum absolute atomic E-state index is 0.290. The van der Waals surface area contributed by atoms with Gasteiger partial charge in [-0.3, -0.25) is 0 Å². The van der Waals surface area contributed by atoms with E-state index in [4.69, 9.17) is 9.76 Å². The Morgan fingerprint density at radius 1 is 1.56 bits per heavy atom. The van der Waals surface area contributed by atoms with E-state index in [1.54, 1.807) is 6.82 Å². The van der Waals surface area contributed by atoms with Crippen LogP contribution >= 0.6 is 0 Å². The zero-order valence-electron chi connectivity index (χ0n) is 5.45. The van der Waals surface area contributed by atoms with Crippen LogP contribution in [0.25, 0.3) is 0 Å². The van der Waals surface area contributed by atoms with Crippen molar-refractivity contribution in [2.75, 3.05) is 13.1 Å². The van der Waals surface area contributed by atoms with Crippen LogP contribution in [0.15, 0.2) is 0 Å². The van der Waals surface area contributed by atoms with Crippen LogP contribution in [0.4, 0.5) is 0 Å². The molecule has 2 unspecified atom stereocenters. The minimum atomic E-state index is -0.290. The minimum Gasteiger partial charge on any atom is -0.437 e. The molecule has 0 aromatic rings. The van der Waals surface area contributed by atoms with Gasteiger partial charge in [-0.05, 0) is 6.82 Å². The summed E-state index contributed by atoms with van der Waals surface area (Å²) in [5.41, 5.74) is 0. The van der Waals surface area contributed by atoms with Crippen molar-refractivity contribution in [2.45, 2.75) is 19.0 Å². The largest absolute Gasteiger partial charge is 0.437 e. The van der Waals surface area contributed by atoms with E-state index in [2.05, 4.69) is 0 Å². The van der Waals surface area contributed by atoms with Gasteiger partial charge >= 0.3 is 7.05 Å². The van der Waals surface area contributed by atoms with Gasteiger partial charge in [0.05, 0.1) is 12.2 Å². The molecular formula is C5H10BNO2.